The molecule has 0 radical (unpaired) electrons. The summed E-state index contributed by atoms with van der Waals surface area (Å²) in [6.45, 7) is 7.14. The van der Waals surface area contributed by atoms with Crippen LogP contribution in [0, 0.1) is 17.3 Å². The molecule has 1 aliphatic rings. The molecule has 1 rings (SSSR count). The van der Waals surface area contributed by atoms with Gasteiger partial charge >= 0.3 is 11.9 Å². The van der Waals surface area contributed by atoms with E-state index in [9.17, 15) is 14.7 Å². The zero-order chi connectivity index (χ0) is 22.6. The molecule has 0 aromatic rings. The number of carboxylic acid groups (broad SMARTS) is 2. The highest BCUT2D eigenvalue weighted by atomic mass is 16.4. The minimum atomic E-state index is -1.62. The molecule has 0 heterocycles. The number of unbranched alkanes of at least 4 members (excludes halogenated alkanes) is 7. The van der Waals surface area contributed by atoms with Crippen LogP contribution in [0.2, 0.25) is 0 Å². The van der Waals surface area contributed by atoms with E-state index in [1.165, 1.54) is 57.8 Å². The van der Waals surface area contributed by atoms with E-state index in [-0.39, 0.29) is 6.42 Å². The quantitative estimate of drug-likeness (QED) is 0.263. The minimum absolute atomic E-state index is 0.239. The Kier molecular flexibility index (Phi) is 12.0. The van der Waals surface area contributed by atoms with E-state index in [1.54, 1.807) is 0 Å². The fourth-order valence-corrected chi connectivity index (χ4v) is 5.07. The molecule has 0 aliphatic heterocycles. The van der Waals surface area contributed by atoms with Crippen LogP contribution in [-0.4, -0.2) is 32.9 Å². The van der Waals surface area contributed by atoms with Crippen molar-refractivity contribution in [3.63, 3.8) is 0 Å². The zero-order valence-corrected chi connectivity index (χ0v) is 19.6. The predicted octanol–water partition coefficient (Wildman–Crippen LogP) is 6.42. The van der Waals surface area contributed by atoms with Gasteiger partial charge < -0.3 is 15.3 Å². The first-order chi connectivity index (χ1) is 14.0. The number of carbonyl (C=O) groups is 2. The van der Waals surface area contributed by atoms with Gasteiger partial charge in [-0.05, 0) is 36.5 Å². The number of hydrogen-bond donors (Lipinski definition) is 3. The van der Waals surface area contributed by atoms with Crippen molar-refractivity contribution in [3.8, 4) is 0 Å². The fourth-order valence-electron chi connectivity index (χ4n) is 5.07. The van der Waals surface area contributed by atoms with E-state index >= 15 is 0 Å². The lowest BCUT2D eigenvalue weighted by atomic mass is 9.69. The zero-order valence-electron chi connectivity index (χ0n) is 19.6. The normalized spacial score (nSPS) is 20.3. The smallest absolute Gasteiger partial charge is 0.306 e. The van der Waals surface area contributed by atoms with E-state index in [4.69, 9.17) is 10.2 Å². The van der Waals surface area contributed by atoms with Gasteiger partial charge in [-0.2, -0.15) is 0 Å². The Hall–Kier alpha value is -1.10. The molecule has 0 bridgehead atoms. The third-order valence-corrected chi connectivity index (χ3v) is 7.04. The number of rotatable bonds is 15. The molecular formula is C25H46O5. The van der Waals surface area contributed by atoms with Gasteiger partial charge in [-0.3, -0.25) is 9.59 Å². The van der Waals surface area contributed by atoms with Gasteiger partial charge in [0.15, 0.2) is 0 Å². The highest BCUT2D eigenvalue weighted by Crippen LogP contribution is 2.41. The van der Waals surface area contributed by atoms with Gasteiger partial charge in [-0.1, -0.05) is 91.4 Å². The maximum absolute atomic E-state index is 10.9. The Morgan fingerprint density at radius 2 is 1.17 bits per heavy atom. The predicted molar refractivity (Wildman–Crippen MR) is 121 cm³/mol. The van der Waals surface area contributed by atoms with Crippen LogP contribution in [0.3, 0.4) is 0 Å². The number of carboxylic acids is 2. The van der Waals surface area contributed by atoms with E-state index < -0.39 is 30.4 Å². The van der Waals surface area contributed by atoms with Crippen LogP contribution in [0.1, 0.15) is 124 Å². The largest absolute Gasteiger partial charge is 0.481 e. The first-order valence-corrected chi connectivity index (χ1v) is 12.2. The molecule has 1 fully saturated rings. The maximum Gasteiger partial charge on any atom is 0.306 e. The second kappa shape index (κ2) is 13.3. The lowest BCUT2D eigenvalue weighted by Crippen LogP contribution is -2.34. The van der Waals surface area contributed by atoms with Crippen LogP contribution >= 0.6 is 0 Å². The van der Waals surface area contributed by atoms with Crippen molar-refractivity contribution in [1.29, 1.82) is 0 Å². The van der Waals surface area contributed by atoms with Crippen molar-refractivity contribution in [3.05, 3.63) is 0 Å². The van der Waals surface area contributed by atoms with Crippen LogP contribution in [-0.2, 0) is 9.59 Å². The molecule has 30 heavy (non-hydrogen) atoms. The summed E-state index contributed by atoms with van der Waals surface area (Å²) in [5.41, 5.74) is -1.15. The molecule has 3 N–H and O–H groups in total. The van der Waals surface area contributed by atoms with Gasteiger partial charge in [-0.25, -0.2) is 0 Å². The topological polar surface area (TPSA) is 94.8 Å². The summed E-state index contributed by atoms with van der Waals surface area (Å²) in [7, 11) is 0. The summed E-state index contributed by atoms with van der Waals surface area (Å²) >= 11 is 0. The maximum atomic E-state index is 10.9. The molecule has 0 atom stereocenters. The molecule has 176 valence electrons. The first kappa shape index (κ1) is 26.9. The molecule has 0 aromatic carbocycles. The highest BCUT2D eigenvalue weighted by molar-refractivity contribution is 5.72. The molecule has 0 saturated heterocycles. The third-order valence-electron chi connectivity index (χ3n) is 7.04. The minimum Gasteiger partial charge on any atom is -0.481 e. The second-order valence-electron chi connectivity index (χ2n) is 10.8. The second-order valence-corrected chi connectivity index (χ2v) is 10.8. The molecule has 0 spiro atoms. The van der Waals surface area contributed by atoms with Crippen molar-refractivity contribution in [2.45, 2.75) is 129 Å². The lowest BCUT2D eigenvalue weighted by molar-refractivity contribution is -0.149. The summed E-state index contributed by atoms with van der Waals surface area (Å²) in [6, 6.07) is 0. The Bertz CT molecular complexity index is 484. The summed E-state index contributed by atoms with van der Waals surface area (Å²) in [5.74, 6) is -0.459. The Morgan fingerprint density at radius 1 is 0.733 bits per heavy atom. The van der Waals surface area contributed by atoms with Gasteiger partial charge in [0.25, 0.3) is 0 Å². The molecular weight excluding hydrogens is 380 g/mol. The van der Waals surface area contributed by atoms with Crippen molar-refractivity contribution >= 4 is 11.9 Å². The Morgan fingerprint density at radius 3 is 1.60 bits per heavy atom. The van der Waals surface area contributed by atoms with E-state index in [0.29, 0.717) is 11.8 Å². The van der Waals surface area contributed by atoms with Gasteiger partial charge in [0.05, 0.1) is 18.4 Å². The SMILES string of the molecule is CC(C)(C)C1CCC(CCCCCCCCCCC(O)(CC(=O)O)CC(=O)O)CC1. The average Bonchev–Trinajstić information content (AvgIpc) is 2.61. The molecule has 0 unspecified atom stereocenters. The van der Waals surface area contributed by atoms with Gasteiger partial charge in [0, 0.05) is 0 Å². The third kappa shape index (κ3) is 11.9. The molecule has 1 aliphatic carbocycles. The van der Waals surface area contributed by atoms with Crippen LogP contribution < -0.4 is 0 Å². The molecule has 5 heteroatoms. The van der Waals surface area contributed by atoms with Crippen LogP contribution in [0.25, 0.3) is 0 Å². The van der Waals surface area contributed by atoms with Gasteiger partial charge in [0.2, 0.25) is 0 Å². The Labute approximate surface area is 183 Å². The number of aliphatic hydroxyl groups is 1. The number of hydrogen-bond acceptors (Lipinski definition) is 3. The summed E-state index contributed by atoms with van der Waals surface area (Å²) in [4.78, 5) is 21.7. The van der Waals surface area contributed by atoms with Gasteiger partial charge in [-0.15, -0.1) is 0 Å². The van der Waals surface area contributed by atoms with Crippen molar-refractivity contribution < 1.29 is 24.9 Å². The van der Waals surface area contributed by atoms with E-state index in [0.717, 1.165) is 31.1 Å². The summed E-state index contributed by atoms with van der Waals surface area (Å²) < 4.78 is 0. The van der Waals surface area contributed by atoms with Crippen molar-refractivity contribution in [1.82, 2.24) is 0 Å². The Balaban J connectivity index is 2.01. The van der Waals surface area contributed by atoms with Crippen molar-refractivity contribution in [2.75, 3.05) is 0 Å². The van der Waals surface area contributed by atoms with Crippen LogP contribution in [0.4, 0.5) is 0 Å². The van der Waals surface area contributed by atoms with E-state index in [1.807, 2.05) is 0 Å². The van der Waals surface area contributed by atoms with Gasteiger partial charge in [0.1, 0.15) is 0 Å². The monoisotopic (exact) mass is 426 g/mol. The first-order valence-electron chi connectivity index (χ1n) is 12.2. The van der Waals surface area contributed by atoms with Crippen LogP contribution in [0.5, 0.6) is 0 Å². The lowest BCUT2D eigenvalue weighted by Gasteiger charge is -2.37. The molecule has 0 amide bonds. The van der Waals surface area contributed by atoms with E-state index in [2.05, 4.69) is 20.8 Å². The van der Waals surface area contributed by atoms with Crippen molar-refractivity contribution in [2.24, 2.45) is 17.3 Å². The highest BCUT2D eigenvalue weighted by Gasteiger charge is 2.32. The number of aliphatic carboxylic acids is 2. The van der Waals surface area contributed by atoms with Crippen LogP contribution in [0.15, 0.2) is 0 Å². The molecule has 1 saturated carbocycles. The summed E-state index contributed by atoms with van der Waals surface area (Å²) in [5, 5.41) is 28.0. The molecule has 0 aromatic heterocycles. The molecule has 5 nitrogen and oxygen atoms in total. The standard InChI is InChI=1S/C25H46O5/c1-24(2,3)21-15-13-20(14-16-21)12-10-8-6-4-5-7-9-11-17-25(30,18-22(26)27)19-23(28)29/h20-21,30H,4-19H2,1-3H3,(H,26,27)(H,28,29). The fraction of sp³-hybridized carbons (Fsp3) is 0.920. The summed E-state index contributed by atoms with van der Waals surface area (Å²) in [6.07, 6.45) is 15.2. The average molecular weight is 427 g/mol.